The molecule has 2 rings (SSSR count). The van der Waals surface area contributed by atoms with E-state index in [-0.39, 0.29) is 12.5 Å². The Kier molecular flexibility index (Phi) is 2.65. The van der Waals surface area contributed by atoms with Crippen LogP contribution in [0.15, 0.2) is 0 Å². The molecule has 0 bridgehead atoms. The first-order valence-electron chi connectivity index (χ1n) is 5.24. The van der Waals surface area contributed by atoms with E-state index < -0.39 is 11.5 Å². The molecule has 0 aromatic heterocycles. The first-order valence-corrected chi connectivity index (χ1v) is 5.24. The molecule has 5 nitrogen and oxygen atoms in total. The number of carboxylic acids is 1. The van der Waals surface area contributed by atoms with E-state index in [0.717, 1.165) is 0 Å². The maximum Gasteiger partial charge on any atom is 0.329 e. The molecule has 0 spiro atoms. The van der Waals surface area contributed by atoms with Crippen molar-refractivity contribution in [2.24, 2.45) is 5.92 Å². The quantitative estimate of drug-likeness (QED) is 0.658. The summed E-state index contributed by atoms with van der Waals surface area (Å²) in [6.45, 7) is 0.596. The van der Waals surface area contributed by atoms with Gasteiger partial charge in [-0.1, -0.05) is 0 Å². The Hall–Kier alpha value is -1.10. The summed E-state index contributed by atoms with van der Waals surface area (Å²) < 4.78 is 5.17. The van der Waals surface area contributed by atoms with Crippen molar-refractivity contribution in [3.05, 3.63) is 0 Å². The van der Waals surface area contributed by atoms with E-state index in [0.29, 0.717) is 25.4 Å². The van der Waals surface area contributed by atoms with Gasteiger partial charge in [0.05, 0.1) is 6.61 Å². The van der Waals surface area contributed by atoms with Crippen LogP contribution in [0.3, 0.4) is 0 Å². The number of carbonyl (C=O) groups is 2. The second-order valence-electron chi connectivity index (χ2n) is 4.39. The highest BCUT2D eigenvalue weighted by Gasteiger charge is 2.51. The third-order valence-corrected chi connectivity index (χ3v) is 2.82. The normalized spacial score (nSPS) is 22.1. The first-order chi connectivity index (χ1) is 7.12. The highest BCUT2D eigenvalue weighted by atomic mass is 16.5. The molecule has 2 aliphatic carbocycles. The maximum atomic E-state index is 11.3. The molecule has 0 radical (unpaired) electrons. The molecule has 0 aliphatic heterocycles. The number of carboxylic acid groups (broad SMARTS) is 1. The van der Waals surface area contributed by atoms with Crippen molar-refractivity contribution in [3.63, 3.8) is 0 Å². The summed E-state index contributed by atoms with van der Waals surface area (Å²) in [5.41, 5.74) is -0.986. The summed E-state index contributed by atoms with van der Waals surface area (Å²) in [4.78, 5) is 22.1. The minimum Gasteiger partial charge on any atom is -0.480 e. The van der Waals surface area contributed by atoms with Crippen LogP contribution >= 0.6 is 0 Å². The van der Waals surface area contributed by atoms with Gasteiger partial charge in [-0.25, -0.2) is 4.79 Å². The van der Waals surface area contributed by atoms with E-state index in [4.69, 9.17) is 9.84 Å². The fourth-order valence-corrected chi connectivity index (χ4v) is 1.42. The predicted octanol–water partition coefficient (Wildman–Crippen LogP) is 0.146. The van der Waals surface area contributed by atoms with E-state index in [2.05, 4.69) is 5.32 Å². The zero-order valence-corrected chi connectivity index (χ0v) is 8.49. The highest BCUT2D eigenvalue weighted by molar-refractivity contribution is 5.89. The van der Waals surface area contributed by atoms with Gasteiger partial charge in [0.2, 0.25) is 5.91 Å². The van der Waals surface area contributed by atoms with E-state index in [1.54, 1.807) is 0 Å². The molecule has 0 heterocycles. The number of nitrogens with one attached hydrogen (secondary N) is 1. The van der Waals surface area contributed by atoms with Crippen molar-refractivity contribution in [1.29, 1.82) is 0 Å². The van der Waals surface area contributed by atoms with Crippen molar-refractivity contribution < 1.29 is 19.4 Å². The van der Waals surface area contributed by atoms with E-state index >= 15 is 0 Å². The van der Waals surface area contributed by atoms with Crippen LogP contribution in [0, 0.1) is 5.92 Å². The lowest BCUT2D eigenvalue weighted by Crippen LogP contribution is -2.44. The smallest absolute Gasteiger partial charge is 0.329 e. The second kappa shape index (κ2) is 3.81. The molecule has 15 heavy (non-hydrogen) atoms. The summed E-state index contributed by atoms with van der Waals surface area (Å²) in [6.07, 6.45) is 3.41. The minimum absolute atomic E-state index is 0.0223. The molecular formula is C10H15NO4. The third-order valence-electron chi connectivity index (χ3n) is 2.82. The van der Waals surface area contributed by atoms with Crippen LogP contribution in [-0.4, -0.2) is 35.7 Å². The summed E-state index contributed by atoms with van der Waals surface area (Å²) in [6, 6.07) is 0. The van der Waals surface area contributed by atoms with Crippen LogP contribution < -0.4 is 5.32 Å². The van der Waals surface area contributed by atoms with E-state index in [9.17, 15) is 9.59 Å². The van der Waals surface area contributed by atoms with Crippen molar-refractivity contribution >= 4 is 11.9 Å². The van der Waals surface area contributed by atoms with Crippen LogP contribution in [0.4, 0.5) is 0 Å². The van der Waals surface area contributed by atoms with Crippen LogP contribution in [-0.2, 0) is 14.3 Å². The molecule has 0 aromatic carbocycles. The first kappa shape index (κ1) is 10.4. The Balaban J connectivity index is 1.65. The van der Waals surface area contributed by atoms with Gasteiger partial charge in [-0.2, -0.15) is 0 Å². The van der Waals surface area contributed by atoms with Crippen molar-refractivity contribution in [2.75, 3.05) is 13.2 Å². The zero-order valence-electron chi connectivity index (χ0n) is 8.49. The number of amides is 1. The molecule has 1 amide bonds. The Labute approximate surface area is 87.8 Å². The summed E-state index contributed by atoms with van der Waals surface area (Å²) in [7, 11) is 0. The Morgan fingerprint density at radius 3 is 2.53 bits per heavy atom. The fraction of sp³-hybridized carbons (Fsp3) is 0.800. The highest BCUT2D eigenvalue weighted by Crippen LogP contribution is 2.35. The molecule has 2 fully saturated rings. The van der Waals surface area contributed by atoms with Gasteiger partial charge >= 0.3 is 5.97 Å². The number of aliphatic carboxylic acids is 1. The van der Waals surface area contributed by atoms with E-state index in [1.807, 2.05) is 0 Å². The van der Waals surface area contributed by atoms with Gasteiger partial charge in [0.1, 0.15) is 12.1 Å². The van der Waals surface area contributed by atoms with Gasteiger partial charge in [-0.15, -0.1) is 0 Å². The molecule has 0 saturated heterocycles. The predicted molar refractivity (Wildman–Crippen MR) is 51.3 cm³/mol. The number of rotatable bonds is 6. The van der Waals surface area contributed by atoms with Gasteiger partial charge in [-0.05, 0) is 31.6 Å². The number of carbonyl (C=O) groups excluding carboxylic acids is 1. The average molecular weight is 213 g/mol. The van der Waals surface area contributed by atoms with Crippen LogP contribution in [0.25, 0.3) is 0 Å². The molecule has 2 saturated carbocycles. The van der Waals surface area contributed by atoms with Crippen molar-refractivity contribution in [1.82, 2.24) is 5.32 Å². The summed E-state index contributed by atoms with van der Waals surface area (Å²) >= 11 is 0. The van der Waals surface area contributed by atoms with Gasteiger partial charge < -0.3 is 15.2 Å². The van der Waals surface area contributed by atoms with Gasteiger partial charge in [-0.3, -0.25) is 4.79 Å². The second-order valence-corrected chi connectivity index (χ2v) is 4.39. The number of hydrogen-bond acceptors (Lipinski definition) is 3. The Morgan fingerprint density at radius 1 is 1.40 bits per heavy atom. The zero-order chi connectivity index (χ0) is 10.9. The molecule has 5 heteroatoms. The molecule has 0 unspecified atom stereocenters. The SMILES string of the molecule is O=C(COCC1CC1)NC1(C(=O)O)CC1. The topological polar surface area (TPSA) is 75.6 Å². The van der Waals surface area contributed by atoms with Gasteiger partial charge in [0.15, 0.2) is 0 Å². The standard InChI is InChI=1S/C10H15NO4/c12-8(6-15-5-7-1-2-7)11-10(3-4-10)9(13)14/h7H,1-6H2,(H,11,12)(H,13,14). The largest absolute Gasteiger partial charge is 0.480 e. The van der Waals surface area contributed by atoms with Crippen molar-refractivity contribution in [2.45, 2.75) is 31.2 Å². The summed E-state index contributed by atoms with van der Waals surface area (Å²) in [5.74, 6) is -0.652. The maximum absolute atomic E-state index is 11.3. The third kappa shape index (κ3) is 2.68. The number of hydrogen-bond donors (Lipinski definition) is 2. The molecule has 0 atom stereocenters. The van der Waals surface area contributed by atoms with Crippen LogP contribution in [0.2, 0.25) is 0 Å². The minimum atomic E-state index is -0.986. The molecule has 0 aromatic rings. The molecular weight excluding hydrogens is 198 g/mol. The molecule has 2 aliphatic rings. The number of ether oxygens (including phenoxy) is 1. The molecule has 84 valence electrons. The Morgan fingerprint density at radius 2 is 2.07 bits per heavy atom. The van der Waals surface area contributed by atoms with Crippen molar-refractivity contribution in [3.8, 4) is 0 Å². The lowest BCUT2D eigenvalue weighted by Gasteiger charge is -2.12. The van der Waals surface area contributed by atoms with Gasteiger partial charge in [0, 0.05) is 0 Å². The monoisotopic (exact) mass is 213 g/mol. The van der Waals surface area contributed by atoms with E-state index in [1.165, 1.54) is 12.8 Å². The lowest BCUT2D eigenvalue weighted by molar-refractivity contribution is -0.143. The van der Waals surface area contributed by atoms with Crippen LogP contribution in [0.5, 0.6) is 0 Å². The average Bonchev–Trinajstić information content (AvgIpc) is 2.97. The lowest BCUT2D eigenvalue weighted by atomic mass is 10.3. The van der Waals surface area contributed by atoms with Crippen LogP contribution in [0.1, 0.15) is 25.7 Å². The summed E-state index contributed by atoms with van der Waals surface area (Å²) in [5, 5.41) is 11.3. The molecule has 2 N–H and O–H groups in total. The van der Waals surface area contributed by atoms with Gasteiger partial charge in [0.25, 0.3) is 0 Å². The fourth-order valence-electron chi connectivity index (χ4n) is 1.42. The Bertz CT molecular complexity index is 281.